The summed E-state index contributed by atoms with van der Waals surface area (Å²) >= 11 is 0. The zero-order valence-corrected chi connectivity index (χ0v) is 14.5. The maximum absolute atomic E-state index is 13.0. The van der Waals surface area contributed by atoms with Gasteiger partial charge < -0.3 is 10.2 Å². The molecule has 3 amide bonds. The molecule has 25 heavy (non-hydrogen) atoms. The SMILES string of the molecule is C[C@@]1(CS(=O)(=O)N2CCN(c3ccc(F)cc3)CC2)NC(=O)NC1=O. The highest BCUT2D eigenvalue weighted by atomic mass is 32.2. The molecule has 0 spiro atoms. The van der Waals surface area contributed by atoms with Crippen LogP contribution in [-0.2, 0) is 14.8 Å². The van der Waals surface area contributed by atoms with E-state index in [9.17, 15) is 22.4 Å². The summed E-state index contributed by atoms with van der Waals surface area (Å²) in [4.78, 5) is 25.1. The van der Waals surface area contributed by atoms with Crippen molar-refractivity contribution in [3.05, 3.63) is 30.1 Å². The maximum Gasteiger partial charge on any atom is 0.322 e. The van der Waals surface area contributed by atoms with Crippen LogP contribution in [0.5, 0.6) is 0 Å². The Hall–Kier alpha value is -2.20. The van der Waals surface area contributed by atoms with Crippen LogP contribution in [0.1, 0.15) is 6.92 Å². The van der Waals surface area contributed by atoms with E-state index < -0.39 is 33.3 Å². The molecule has 0 unspecified atom stereocenters. The third-order valence-electron chi connectivity index (χ3n) is 4.41. The van der Waals surface area contributed by atoms with E-state index in [1.807, 2.05) is 4.90 Å². The normalized spacial score (nSPS) is 25.0. The number of benzene rings is 1. The number of hydrogen-bond donors (Lipinski definition) is 2. The number of rotatable bonds is 4. The van der Waals surface area contributed by atoms with Gasteiger partial charge in [0.05, 0.1) is 5.75 Å². The zero-order valence-electron chi connectivity index (χ0n) is 13.7. The predicted octanol–water partition coefficient (Wildman–Crippen LogP) is -0.124. The number of amides is 3. The van der Waals surface area contributed by atoms with Crippen molar-refractivity contribution < 1.29 is 22.4 Å². The van der Waals surface area contributed by atoms with Crippen LogP contribution in [0.3, 0.4) is 0 Å². The van der Waals surface area contributed by atoms with Gasteiger partial charge in [-0.15, -0.1) is 0 Å². The van der Waals surface area contributed by atoms with E-state index in [0.717, 1.165) is 5.69 Å². The van der Waals surface area contributed by atoms with E-state index in [1.54, 1.807) is 12.1 Å². The van der Waals surface area contributed by atoms with E-state index in [0.29, 0.717) is 13.1 Å². The van der Waals surface area contributed by atoms with Gasteiger partial charge in [-0.25, -0.2) is 17.6 Å². The average molecular weight is 370 g/mol. The summed E-state index contributed by atoms with van der Waals surface area (Å²) < 4.78 is 39.5. The second kappa shape index (κ2) is 6.26. The number of carbonyl (C=O) groups is 2. The minimum atomic E-state index is -3.72. The van der Waals surface area contributed by atoms with Crippen molar-refractivity contribution in [2.45, 2.75) is 12.5 Å². The second-order valence-corrected chi connectivity index (χ2v) is 8.33. The summed E-state index contributed by atoms with van der Waals surface area (Å²) in [6.45, 7) is 2.82. The number of piperazine rings is 1. The molecule has 2 heterocycles. The molecule has 3 rings (SSSR count). The van der Waals surface area contributed by atoms with Gasteiger partial charge in [0.25, 0.3) is 5.91 Å². The van der Waals surface area contributed by atoms with Crippen LogP contribution in [0.4, 0.5) is 14.9 Å². The highest BCUT2D eigenvalue weighted by molar-refractivity contribution is 7.89. The number of halogens is 1. The summed E-state index contributed by atoms with van der Waals surface area (Å²) in [7, 11) is -3.72. The molecule has 0 bridgehead atoms. The van der Waals surface area contributed by atoms with Crippen LogP contribution in [0.25, 0.3) is 0 Å². The first-order chi connectivity index (χ1) is 11.7. The van der Waals surface area contributed by atoms with E-state index in [4.69, 9.17) is 0 Å². The van der Waals surface area contributed by atoms with E-state index in [-0.39, 0.29) is 18.9 Å². The number of imide groups is 1. The number of anilines is 1. The lowest BCUT2D eigenvalue weighted by Gasteiger charge is -2.36. The number of carbonyl (C=O) groups excluding carboxylic acids is 2. The highest BCUT2D eigenvalue weighted by Crippen LogP contribution is 2.20. The van der Waals surface area contributed by atoms with Crippen LogP contribution < -0.4 is 15.5 Å². The van der Waals surface area contributed by atoms with Crippen molar-refractivity contribution in [2.24, 2.45) is 0 Å². The van der Waals surface area contributed by atoms with Crippen molar-refractivity contribution in [3.8, 4) is 0 Å². The van der Waals surface area contributed by atoms with E-state index in [2.05, 4.69) is 10.6 Å². The van der Waals surface area contributed by atoms with Crippen molar-refractivity contribution in [2.75, 3.05) is 36.8 Å². The van der Waals surface area contributed by atoms with Gasteiger partial charge in [-0.1, -0.05) is 0 Å². The summed E-state index contributed by atoms with van der Waals surface area (Å²) in [5, 5.41) is 4.42. The van der Waals surface area contributed by atoms with Gasteiger partial charge in [0, 0.05) is 31.9 Å². The van der Waals surface area contributed by atoms with Gasteiger partial charge in [-0.2, -0.15) is 4.31 Å². The van der Waals surface area contributed by atoms with E-state index >= 15 is 0 Å². The van der Waals surface area contributed by atoms with Gasteiger partial charge in [0.2, 0.25) is 10.0 Å². The largest absolute Gasteiger partial charge is 0.369 e. The Bertz CT molecular complexity index is 790. The fraction of sp³-hybridized carbons (Fsp3) is 0.467. The fourth-order valence-corrected chi connectivity index (χ4v) is 4.85. The Morgan fingerprint density at radius 3 is 2.24 bits per heavy atom. The predicted molar refractivity (Wildman–Crippen MR) is 89.1 cm³/mol. The molecule has 1 aromatic rings. The van der Waals surface area contributed by atoms with Crippen LogP contribution >= 0.6 is 0 Å². The number of nitrogens with zero attached hydrogens (tertiary/aromatic N) is 2. The van der Waals surface area contributed by atoms with Crippen LogP contribution in [-0.4, -0.2) is 62.1 Å². The molecule has 2 aliphatic rings. The third kappa shape index (κ3) is 3.59. The molecule has 2 aliphatic heterocycles. The quantitative estimate of drug-likeness (QED) is 0.720. The Labute approximate surface area is 145 Å². The van der Waals surface area contributed by atoms with Gasteiger partial charge in [0.1, 0.15) is 11.4 Å². The molecule has 0 aliphatic carbocycles. The lowest BCUT2D eigenvalue weighted by molar-refractivity contribution is -0.122. The molecule has 8 nitrogen and oxygen atoms in total. The van der Waals surface area contributed by atoms with Gasteiger partial charge in [-0.3, -0.25) is 10.1 Å². The third-order valence-corrected chi connectivity index (χ3v) is 6.51. The van der Waals surface area contributed by atoms with Crippen LogP contribution in [0.2, 0.25) is 0 Å². The lowest BCUT2D eigenvalue weighted by atomic mass is 10.1. The van der Waals surface area contributed by atoms with Gasteiger partial charge in [0.15, 0.2) is 0 Å². The van der Waals surface area contributed by atoms with Crippen molar-refractivity contribution in [3.63, 3.8) is 0 Å². The molecule has 136 valence electrons. The maximum atomic E-state index is 13.0. The fourth-order valence-electron chi connectivity index (χ4n) is 3.01. The Kier molecular flexibility index (Phi) is 4.41. The molecule has 2 saturated heterocycles. The molecular weight excluding hydrogens is 351 g/mol. The first-order valence-corrected chi connectivity index (χ1v) is 9.42. The molecule has 2 fully saturated rings. The first-order valence-electron chi connectivity index (χ1n) is 7.82. The molecule has 0 aromatic heterocycles. The minimum Gasteiger partial charge on any atom is -0.369 e. The smallest absolute Gasteiger partial charge is 0.322 e. The van der Waals surface area contributed by atoms with Gasteiger partial charge in [-0.05, 0) is 31.2 Å². The first kappa shape index (κ1) is 17.6. The lowest BCUT2D eigenvalue weighted by Crippen LogP contribution is -2.55. The van der Waals surface area contributed by atoms with Crippen molar-refractivity contribution >= 4 is 27.6 Å². The Morgan fingerprint density at radius 2 is 1.72 bits per heavy atom. The number of nitrogens with one attached hydrogen (secondary N) is 2. The molecule has 10 heteroatoms. The standard InChI is InChI=1S/C15H19FN4O4S/c1-15(13(21)17-14(22)18-15)10-25(23,24)20-8-6-19(7-9-20)12-4-2-11(16)3-5-12/h2-5H,6-10H2,1H3,(H2,17,18,21,22)/t15-/m0/s1. The number of sulfonamides is 1. The van der Waals surface area contributed by atoms with Crippen LogP contribution in [0.15, 0.2) is 24.3 Å². The van der Waals surface area contributed by atoms with E-state index in [1.165, 1.54) is 23.4 Å². The Morgan fingerprint density at radius 1 is 1.12 bits per heavy atom. The molecule has 2 N–H and O–H groups in total. The topological polar surface area (TPSA) is 98.8 Å². The number of urea groups is 1. The average Bonchev–Trinajstić information content (AvgIpc) is 2.79. The summed E-state index contributed by atoms with van der Waals surface area (Å²) in [5.41, 5.74) is -0.642. The molecule has 1 aromatic carbocycles. The molecule has 1 atom stereocenters. The van der Waals surface area contributed by atoms with Crippen molar-refractivity contribution in [1.82, 2.24) is 14.9 Å². The zero-order chi connectivity index (χ0) is 18.2. The summed E-state index contributed by atoms with van der Waals surface area (Å²) in [6, 6.07) is 5.34. The molecular formula is C15H19FN4O4S. The summed E-state index contributed by atoms with van der Waals surface area (Å²) in [5.74, 6) is -1.46. The Balaban J connectivity index is 1.64. The second-order valence-electron chi connectivity index (χ2n) is 6.36. The molecule has 0 saturated carbocycles. The monoisotopic (exact) mass is 370 g/mol. The van der Waals surface area contributed by atoms with Crippen molar-refractivity contribution in [1.29, 1.82) is 0 Å². The number of hydrogen-bond acceptors (Lipinski definition) is 5. The van der Waals surface area contributed by atoms with Gasteiger partial charge >= 0.3 is 6.03 Å². The summed E-state index contributed by atoms with van der Waals surface area (Å²) in [6.07, 6.45) is 0. The van der Waals surface area contributed by atoms with Crippen LogP contribution in [0, 0.1) is 5.82 Å². The minimum absolute atomic E-state index is 0.255. The molecule has 0 radical (unpaired) electrons. The highest BCUT2D eigenvalue weighted by Gasteiger charge is 2.46.